The largest absolute Gasteiger partial charge is 0.508 e. The summed E-state index contributed by atoms with van der Waals surface area (Å²) in [6.45, 7) is 1.60. The van der Waals surface area contributed by atoms with Crippen LogP contribution in [0.2, 0.25) is 0 Å². The third-order valence-corrected chi connectivity index (χ3v) is 14.1. The second-order valence-electron chi connectivity index (χ2n) is 16.8. The Hall–Kier alpha value is -5.73. The number of phenolic OH excluding ortho intramolecular Hbond substituents is 1. The molecule has 0 unspecified atom stereocenters. The summed E-state index contributed by atoms with van der Waals surface area (Å²) < 4.78 is 0. The third-order valence-electron chi connectivity index (χ3n) is 11.6. The molecule has 0 bridgehead atoms. The van der Waals surface area contributed by atoms with Crippen molar-refractivity contribution < 1.29 is 43.8 Å². The third kappa shape index (κ3) is 15.7. The van der Waals surface area contributed by atoms with Crippen LogP contribution >= 0.6 is 21.6 Å². The zero-order chi connectivity index (χ0) is 48.5. The van der Waals surface area contributed by atoms with Crippen LogP contribution in [0.4, 0.5) is 0 Å². The van der Waals surface area contributed by atoms with Crippen LogP contribution in [0.1, 0.15) is 61.3 Å². The van der Waals surface area contributed by atoms with Crippen LogP contribution < -0.4 is 43.4 Å². The summed E-state index contributed by atoms with van der Waals surface area (Å²) in [4.78, 5) is 98.5. The number of hydrogen-bond donors (Lipinski definition) is 10. The SMILES string of the molecule is CNC(=O)[C@@H]1CSSC[C@H](NC(=O)[C@H](N)Cc2ccccc2)C(=O)C[C@@H](Cc2ccc(O)cc2)C(=O)N[C@H](CC2=CCc3ccccc32)C(=O)N[C@@H](CCCCN)C(=O)N[C@@H]([C@@H](C)O)C(=O)N1. The Morgan fingerprint density at radius 1 is 0.791 bits per heavy atom. The van der Waals surface area contributed by atoms with Gasteiger partial charge in [0, 0.05) is 37.3 Å². The molecular formula is C48H62N8O9S2. The highest BCUT2D eigenvalue weighted by Gasteiger charge is 2.36. The van der Waals surface area contributed by atoms with E-state index in [4.69, 9.17) is 11.5 Å². The van der Waals surface area contributed by atoms with Crippen molar-refractivity contribution in [2.24, 2.45) is 17.4 Å². The molecule has 0 spiro atoms. The van der Waals surface area contributed by atoms with Crippen LogP contribution in [0.3, 0.4) is 0 Å². The van der Waals surface area contributed by atoms with Crippen molar-refractivity contribution in [3.05, 3.63) is 107 Å². The molecule has 17 nitrogen and oxygen atoms in total. The summed E-state index contributed by atoms with van der Waals surface area (Å²) in [7, 11) is 3.65. The minimum atomic E-state index is -1.55. The molecule has 12 N–H and O–H groups in total. The quantitative estimate of drug-likeness (QED) is 0.0804. The second kappa shape index (κ2) is 26.0. The molecule has 8 atom stereocenters. The number of hydrogen-bond acceptors (Lipinski definition) is 13. The minimum absolute atomic E-state index is 0.00506. The summed E-state index contributed by atoms with van der Waals surface area (Å²) in [5, 5.41) is 37.0. The van der Waals surface area contributed by atoms with Crippen LogP contribution in [0, 0.1) is 5.92 Å². The Bertz CT molecular complexity index is 2230. The van der Waals surface area contributed by atoms with E-state index < -0.39 is 95.9 Å². The van der Waals surface area contributed by atoms with Gasteiger partial charge in [0.1, 0.15) is 29.9 Å². The van der Waals surface area contributed by atoms with Crippen molar-refractivity contribution in [2.75, 3.05) is 25.1 Å². The van der Waals surface area contributed by atoms with Crippen molar-refractivity contribution >= 4 is 68.4 Å². The normalized spacial score (nSPS) is 23.2. The van der Waals surface area contributed by atoms with E-state index in [2.05, 4.69) is 31.9 Å². The molecule has 3 aromatic rings. The fourth-order valence-electron chi connectivity index (χ4n) is 7.82. The summed E-state index contributed by atoms with van der Waals surface area (Å²) in [5.41, 5.74) is 16.3. The van der Waals surface area contributed by atoms with Gasteiger partial charge >= 0.3 is 0 Å². The van der Waals surface area contributed by atoms with Gasteiger partial charge in [-0.15, -0.1) is 0 Å². The number of carbonyl (C=O) groups is 7. The number of benzene rings is 3. The fourth-order valence-corrected chi connectivity index (χ4v) is 10.2. The highest BCUT2D eigenvalue weighted by Crippen LogP contribution is 2.31. The number of nitrogens with two attached hydrogens (primary N) is 2. The number of rotatable bonds is 14. The lowest BCUT2D eigenvalue weighted by Gasteiger charge is -2.29. The second-order valence-corrected chi connectivity index (χ2v) is 19.3. The lowest BCUT2D eigenvalue weighted by atomic mass is 9.90. The Morgan fingerprint density at radius 3 is 2.16 bits per heavy atom. The van der Waals surface area contributed by atoms with E-state index in [0.717, 1.165) is 43.9 Å². The summed E-state index contributed by atoms with van der Waals surface area (Å²) in [6.07, 6.45) is 1.92. The molecule has 0 aromatic heterocycles. The first-order valence-electron chi connectivity index (χ1n) is 22.4. The van der Waals surface area contributed by atoms with Gasteiger partial charge in [-0.3, -0.25) is 33.6 Å². The lowest BCUT2D eigenvalue weighted by molar-refractivity contribution is -0.136. The summed E-state index contributed by atoms with van der Waals surface area (Å²) >= 11 is 0. The van der Waals surface area contributed by atoms with Gasteiger partial charge in [0.2, 0.25) is 35.4 Å². The Kier molecular flexibility index (Phi) is 20.3. The Labute approximate surface area is 398 Å². The summed E-state index contributed by atoms with van der Waals surface area (Å²) in [5.74, 6) is -5.90. The van der Waals surface area contributed by atoms with Crippen molar-refractivity contribution in [3.63, 3.8) is 0 Å². The van der Waals surface area contributed by atoms with Gasteiger partial charge in [0.05, 0.1) is 18.2 Å². The van der Waals surface area contributed by atoms with E-state index >= 15 is 0 Å². The fraction of sp³-hybridized carbons (Fsp3) is 0.438. The Morgan fingerprint density at radius 2 is 1.46 bits per heavy atom. The monoisotopic (exact) mass is 958 g/mol. The first-order valence-corrected chi connectivity index (χ1v) is 24.9. The molecule has 0 radical (unpaired) electrons. The van der Waals surface area contributed by atoms with Gasteiger partial charge in [0.15, 0.2) is 5.78 Å². The zero-order valence-electron chi connectivity index (χ0n) is 37.7. The average Bonchev–Trinajstić information content (AvgIpc) is 3.72. The molecule has 6 amide bonds. The first-order chi connectivity index (χ1) is 32.2. The highest BCUT2D eigenvalue weighted by molar-refractivity contribution is 8.76. The van der Waals surface area contributed by atoms with Gasteiger partial charge in [0.25, 0.3) is 0 Å². The van der Waals surface area contributed by atoms with E-state index in [-0.39, 0.29) is 42.9 Å². The molecule has 1 aliphatic heterocycles. The van der Waals surface area contributed by atoms with Gasteiger partial charge in [-0.2, -0.15) is 0 Å². The number of aliphatic hydroxyl groups excluding tert-OH is 1. The molecule has 1 heterocycles. The molecule has 5 rings (SSSR count). The number of aliphatic hydroxyl groups is 1. The van der Waals surface area contributed by atoms with Crippen LogP contribution in [-0.4, -0.2) is 119 Å². The van der Waals surface area contributed by atoms with Crippen molar-refractivity contribution in [1.82, 2.24) is 31.9 Å². The van der Waals surface area contributed by atoms with Crippen molar-refractivity contribution in [2.45, 2.75) is 101 Å². The molecule has 1 saturated heterocycles. The predicted molar refractivity (Wildman–Crippen MR) is 259 cm³/mol. The van der Waals surface area contributed by atoms with Crippen molar-refractivity contribution in [3.8, 4) is 5.75 Å². The van der Waals surface area contributed by atoms with E-state index in [1.807, 2.05) is 60.7 Å². The highest BCUT2D eigenvalue weighted by atomic mass is 33.1. The number of nitrogens with one attached hydrogen (secondary N) is 6. The number of phenols is 1. The van der Waals surface area contributed by atoms with Gasteiger partial charge in [-0.25, -0.2) is 0 Å². The van der Waals surface area contributed by atoms with Crippen LogP contribution in [-0.2, 0) is 52.8 Å². The maximum atomic E-state index is 14.7. The Balaban J connectivity index is 1.54. The zero-order valence-corrected chi connectivity index (χ0v) is 39.3. The summed E-state index contributed by atoms with van der Waals surface area (Å²) in [6, 6.07) is 15.5. The van der Waals surface area contributed by atoms with E-state index in [9.17, 15) is 43.8 Å². The van der Waals surface area contributed by atoms with Crippen molar-refractivity contribution in [1.29, 1.82) is 0 Å². The van der Waals surface area contributed by atoms with Crippen LogP contribution in [0.5, 0.6) is 5.75 Å². The van der Waals surface area contributed by atoms with Gasteiger partial charge in [-0.1, -0.05) is 94.4 Å². The van der Waals surface area contributed by atoms with Gasteiger partial charge in [-0.05, 0) is 92.0 Å². The van der Waals surface area contributed by atoms with E-state index in [1.54, 1.807) is 12.1 Å². The molecule has 360 valence electrons. The first kappa shape index (κ1) is 52.2. The predicted octanol–water partition coefficient (Wildman–Crippen LogP) is 1.18. The topological polar surface area (TPSA) is 284 Å². The minimum Gasteiger partial charge on any atom is -0.508 e. The number of amides is 6. The van der Waals surface area contributed by atoms with Crippen LogP contribution in [0.25, 0.3) is 5.57 Å². The number of fused-ring (bicyclic) bond motifs is 1. The average molecular weight is 959 g/mol. The number of aromatic hydroxyl groups is 1. The molecule has 3 aromatic carbocycles. The molecule has 1 aliphatic carbocycles. The van der Waals surface area contributed by atoms with E-state index in [0.29, 0.717) is 31.4 Å². The number of Topliss-reactive ketones (excluding diaryl/α,β-unsaturated/α-hetero) is 1. The maximum absolute atomic E-state index is 14.7. The lowest BCUT2D eigenvalue weighted by Crippen LogP contribution is -2.61. The van der Waals surface area contributed by atoms with E-state index in [1.165, 1.54) is 26.1 Å². The molecular weight excluding hydrogens is 897 g/mol. The number of unbranched alkanes of at least 4 members (excludes halogenated alkanes) is 1. The number of allylic oxidation sites excluding steroid dienone is 1. The molecule has 2 aliphatic rings. The standard InChI is InChI=1S/C48H62N8O9S2/c1-28(57)42-48(65)55-40(45(62)51-2)27-67-66-26-39(54-44(61)36(50)23-29-10-4-3-5-11-29)41(59)25-33(22-30-15-19-34(58)20-16-30)43(60)53-38(24-32-18-17-31-12-6-7-13-35(31)32)47(64)52-37(46(63)56-42)14-8-9-21-49/h3-7,10-13,15-16,18-20,28,33,36-40,42,57-58H,8-9,14,17,21-27,49-50H2,1-2H3,(H,51,62)(H,52,64)(H,53,60)(H,54,61)(H,55,65)(H,56,63)/t28-,33-,36-,37+,38-,39+,40+,42+/m1/s1. The number of likely N-dealkylation sites (N-methyl/N-ethyl adjacent to an activating group) is 1. The smallest absolute Gasteiger partial charge is 0.245 e. The maximum Gasteiger partial charge on any atom is 0.245 e. The molecule has 19 heteroatoms. The molecule has 0 saturated carbocycles. The molecule has 67 heavy (non-hydrogen) atoms. The van der Waals surface area contributed by atoms with Crippen LogP contribution in [0.15, 0.2) is 84.9 Å². The number of ketones is 1. The number of carbonyl (C=O) groups excluding carboxylic acids is 7. The van der Waals surface area contributed by atoms with Gasteiger partial charge < -0.3 is 53.6 Å². The molecule has 1 fully saturated rings.